The van der Waals surface area contributed by atoms with Crippen LogP contribution < -0.4 is 4.74 Å². The number of ether oxygens (including phenoxy) is 1. The zero-order valence-electron chi connectivity index (χ0n) is 10.9. The van der Waals surface area contributed by atoms with Crippen LogP contribution in [0.15, 0.2) is 0 Å². The molecule has 1 aromatic carbocycles. The molecular weight excluding hydrogens is 319 g/mol. The Morgan fingerprint density at radius 1 is 0.857 bits per heavy atom. The van der Waals surface area contributed by atoms with Crippen molar-refractivity contribution in [3.63, 3.8) is 0 Å². The summed E-state index contributed by atoms with van der Waals surface area (Å²) in [4.78, 5) is 18.4. The Hall–Kier alpha value is -1.23. The van der Waals surface area contributed by atoms with Crippen LogP contribution in [0.3, 0.4) is 0 Å². The molecule has 0 spiro atoms. The summed E-state index contributed by atoms with van der Waals surface area (Å²) >= 11 is 0. The first kappa shape index (κ1) is 17.8. The maximum atomic E-state index is 13.2. The molecule has 0 bridgehead atoms. The van der Waals surface area contributed by atoms with E-state index in [9.17, 15) is 31.5 Å². The van der Waals surface area contributed by atoms with Gasteiger partial charge >= 0.3 is 8.80 Å². The molecule has 0 aliphatic carbocycles. The van der Waals surface area contributed by atoms with E-state index in [1.807, 2.05) is 0 Å². The first-order chi connectivity index (χ1) is 9.71. The average molecular weight is 332 g/mol. The minimum absolute atomic E-state index is 0.0794. The van der Waals surface area contributed by atoms with Crippen molar-refractivity contribution in [2.45, 2.75) is 18.9 Å². The van der Waals surface area contributed by atoms with Crippen LogP contribution in [0.1, 0.15) is 12.8 Å². The topological polar surface area (TPSA) is 58.9 Å². The number of unbranched alkanes of at least 4 members (excludes halogenated alkanes) is 1. The molecule has 0 saturated heterocycles. The van der Waals surface area contributed by atoms with Crippen LogP contribution in [0.4, 0.5) is 22.0 Å². The molecule has 4 nitrogen and oxygen atoms in total. The number of rotatable bonds is 7. The molecule has 0 saturated carbocycles. The van der Waals surface area contributed by atoms with Gasteiger partial charge in [-0.3, -0.25) is 0 Å². The van der Waals surface area contributed by atoms with Crippen molar-refractivity contribution in [1.82, 2.24) is 0 Å². The lowest BCUT2D eigenvalue weighted by molar-refractivity contribution is 0.182. The largest absolute Gasteiger partial charge is 0.495 e. The van der Waals surface area contributed by atoms with Gasteiger partial charge in [0.25, 0.3) is 0 Å². The van der Waals surface area contributed by atoms with Crippen LogP contribution in [-0.2, 0) is 4.43 Å². The van der Waals surface area contributed by atoms with Crippen molar-refractivity contribution in [2.75, 3.05) is 13.7 Å². The average Bonchev–Trinajstić information content (AvgIpc) is 2.46. The predicted octanol–water partition coefficient (Wildman–Crippen LogP) is 2.11. The lowest BCUT2D eigenvalue weighted by atomic mass is 10.2. The summed E-state index contributed by atoms with van der Waals surface area (Å²) in [7, 11) is -2.60. The fraction of sp³-hybridized carbons (Fsp3) is 0.455. The Morgan fingerprint density at radius 3 is 1.81 bits per heavy atom. The van der Waals surface area contributed by atoms with Crippen molar-refractivity contribution < 1.29 is 40.7 Å². The van der Waals surface area contributed by atoms with Gasteiger partial charge in [-0.05, 0) is 12.8 Å². The molecule has 1 rings (SSSR count). The standard InChI is InChI=1S/C11H13F5O4Si/c1-19-21(17,18)5-3-2-4-20-11-9(15)7(13)6(12)8(14)10(11)16/h17-18H,2-5H2,1H3. The highest BCUT2D eigenvalue weighted by molar-refractivity contribution is 6.57. The third-order valence-corrected chi connectivity index (χ3v) is 4.30. The molecular formula is C11H13F5O4Si. The van der Waals surface area contributed by atoms with E-state index in [0.29, 0.717) is 0 Å². The van der Waals surface area contributed by atoms with Crippen LogP contribution in [-0.4, -0.2) is 32.1 Å². The first-order valence-electron chi connectivity index (χ1n) is 5.85. The van der Waals surface area contributed by atoms with Gasteiger partial charge < -0.3 is 18.8 Å². The highest BCUT2D eigenvalue weighted by atomic mass is 28.4. The number of halogens is 5. The molecule has 0 amide bonds. The van der Waals surface area contributed by atoms with Crippen molar-refractivity contribution >= 4 is 8.80 Å². The van der Waals surface area contributed by atoms with Gasteiger partial charge in [0.2, 0.25) is 29.1 Å². The second-order valence-electron chi connectivity index (χ2n) is 4.15. The van der Waals surface area contributed by atoms with Gasteiger partial charge in [0.05, 0.1) is 6.61 Å². The SMILES string of the molecule is CO[Si](O)(O)CCCCOc1c(F)c(F)c(F)c(F)c1F. The number of hydrogen-bond donors (Lipinski definition) is 2. The molecule has 0 atom stereocenters. The molecule has 0 aliphatic rings. The fourth-order valence-electron chi connectivity index (χ4n) is 1.45. The van der Waals surface area contributed by atoms with Crippen LogP contribution in [0.2, 0.25) is 6.04 Å². The monoisotopic (exact) mass is 332 g/mol. The summed E-state index contributed by atoms with van der Waals surface area (Å²) in [5.74, 6) is -11.9. The van der Waals surface area contributed by atoms with Crippen LogP contribution in [0.25, 0.3) is 0 Å². The summed E-state index contributed by atoms with van der Waals surface area (Å²) in [6, 6.07) is -0.0794. The van der Waals surface area contributed by atoms with Crippen LogP contribution in [0, 0.1) is 29.1 Å². The quantitative estimate of drug-likeness (QED) is 0.264. The maximum Gasteiger partial charge on any atom is 0.495 e. The zero-order chi connectivity index (χ0) is 16.2. The third-order valence-electron chi connectivity index (χ3n) is 2.64. The molecule has 0 heterocycles. The second kappa shape index (κ2) is 7.16. The molecule has 10 heteroatoms. The van der Waals surface area contributed by atoms with Gasteiger partial charge in [-0.2, -0.15) is 8.78 Å². The Kier molecular flexibility index (Phi) is 6.07. The van der Waals surface area contributed by atoms with E-state index in [2.05, 4.69) is 9.16 Å². The molecule has 2 N–H and O–H groups in total. The van der Waals surface area contributed by atoms with Crippen molar-refractivity contribution in [1.29, 1.82) is 0 Å². The molecule has 21 heavy (non-hydrogen) atoms. The molecule has 120 valence electrons. The van der Waals surface area contributed by atoms with Crippen molar-refractivity contribution in [3.05, 3.63) is 29.1 Å². The number of hydrogen-bond acceptors (Lipinski definition) is 4. The second-order valence-corrected chi connectivity index (χ2v) is 6.55. The van der Waals surface area contributed by atoms with Gasteiger partial charge in [-0.25, -0.2) is 13.2 Å². The van der Waals surface area contributed by atoms with Crippen LogP contribution in [0.5, 0.6) is 5.75 Å². The van der Waals surface area contributed by atoms with E-state index in [-0.39, 0.29) is 25.5 Å². The zero-order valence-corrected chi connectivity index (χ0v) is 11.9. The van der Waals surface area contributed by atoms with E-state index >= 15 is 0 Å². The highest BCUT2D eigenvalue weighted by Crippen LogP contribution is 2.29. The van der Waals surface area contributed by atoms with Gasteiger partial charge in [0, 0.05) is 13.2 Å². The minimum atomic E-state index is -3.73. The lowest BCUT2D eigenvalue weighted by Crippen LogP contribution is -2.37. The summed E-state index contributed by atoms with van der Waals surface area (Å²) in [6.07, 6.45) is 0.293. The fourth-order valence-corrected chi connectivity index (χ4v) is 2.36. The summed E-state index contributed by atoms with van der Waals surface area (Å²) in [5, 5.41) is 0. The lowest BCUT2D eigenvalue weighted by Gasteiger charge is -2.14. The van der Waals surface area contributed by atoms with E-state index < -0.39 is 43.6 Å². The normalized spacial score (nSPS) is 11.8. The predicted molar refractivity (Wildman–Crippen MR) is 63.0 cm³/mol. The molecule has 0 aliphatic heterocycles. The Labute approximate surface area is 118 Å². The van der Waals surface area contributed by atoms with E-state index in [0.717, 1.165) is 7.11 Å². The maximum absolute atomic E-state index is 13.2. The smallest absolute Gasteiger partial charge is 0.487 e. The van der Waals surface area contributed by atoms with E-state index in [1.165, 1.54) is 0 Å². The molecule has 0 aromatic heterocycles. The number of benzene rings is 1. The Balaban J connectivity index is 2.61. The van der Waals surface area contributed by atoms with Crippen molar-refractivity contribution in [2.24, 2.45) is 0 Å². The van der Waals surface area contributed by atoms with Gasteiger partial charge in [-0.1, -0.05) is 0 Å². The van der Waals surface area contributed by atoms with Gasteiger partial charge in [0.1, 0.15) is 0 Å². The van der Waals surface area contributed by atoms with Crippen LogP contribution >= 0.6 is 0 Å². The first-order valence-corrected chi connectivity index (χ1v) is 7.86. The summed E-state index contributed by atoms with van der Waals surface area (Å²) in [6.45, 7) is -0.355. The highest BCUT2D eigenvalue weighted by Gasteiger charge is 2.30. The summed E-state index contributed by atoms with van der Waals surface area (Å²) in [5.41, 5.74) is 0. The minimum Gasteiger partial charge on any atom is -0.487 e. The van der Waals surface area contributed by atoms with Gasteiger partial charge in [-0.15, -0.1) is 0 Å². The van der Waals surface area contributed by atoms with E-state index in [1.54, 1.807) is 0 Å². The molecule has 0 fully saturated rings. The van der Waals surface area contributed by atoms with E-state index in [4.69, 9.17) is 0 Å². The summed E-state index contributed by atoms with van der Waals surface area (Å²) < 4.78 is 73.9. The van der Waals surface area contributed by atoms with Gasteiger partial charge in [0.15, 0.2) is 5.75 Å². The Morgan fingerprint density at radius 2 is 1.33 bits per heavy atom. The molecule has 1 aromatic rings. The third kappa shape index (κ3) is 4.36. The molecule has 0 unspecified atom stereocenters. The Bertz CT molecular complexity index is 483. The molecule has 0 radical (unpaired) electrons. The van der Waals surface area contributed by atoms with Crippen molar-refractivity contribution in [3.8, 4) is 5.75 Å².